The summed E-state index contributed by atoms with van der Waals surface area (Å²) in [7, 11) is 0. The highest BCUT2D eigenvalue weighted by molar-refractivity contribution is 5.56. The summed E-state index contributed by atoms with van der Waals surface area (Å²) < 4.78 is 0. The topological polar surface area (TPSA) is 12.4 Å². The van der Waals surface area contributed by atoms with Crippen LogP contribution in [-0.2, 0) is 0 Å². The Hall–Kier alpha value is -0.850. The van der Waals surface area contributed by atoms with Crippen LogP contribution in [0, 0.1) is 0 Å². The zero-order chi connectivity index (χ0) is 6.41. The van der Waals surface area contributed by atoms with Gasteiger partial charge in [-0.1, -0.05) is 12.7 Å². The van der Waals surface area contributed by atoms with Gasteiger partial charge in [-0.05, 0) is 19.9 Å². The number of nitrogens with zero attached hydrogens (tertiary/aromatic N) is 1. The van der Waals surface area contributed by atoms with Crippen LogP contribution < -0.4 is 0 Å². The van der Waals surface area contributed by atoms with E-state index in [2.05, 4.69) is 11.6 Å². The zero-order valence-electron chi connectivity index (χ0n) is 5.39. The average molecular weight is 109 g/mol. The van der Waals surface area contributed by atoms with Gasteiger partial charge in [0, 0.05) is 6.21 Å². The monoisotopic (exact) mass is 109 g/mol. The van der Waals surface area contributed by atoms with Gasteiger partial charge in [0.2, 0.25) is 0 Å². The molecule has 0 aliphatic rings. The van der Waals surface area contributed by atoms with E-state index in [1.807, 2.05) is 19.9 Å². The summed E-state index contributed by atoms with van der Waals surface area (Å²) in [5, 5.41) is 0. The summed E-state index contributed by atoms with van der Waals surface area (Å²) in [6.07, 6.45) is 5.38. The minimum absolute atomic E-state index is 0.924. The van der Waals surface area contributed by atoms with E-state index in [0.29, 0.717) is 0 Å². The fourth-order valence-corrected chi connectivity index (χ4v) is 0.394. The molecule has 0 saturated carbocycles. The van der Waals surface area contributed by atoms with E-state index in [4.69, 9.17) is 0 Å². The lowest BCUT2D eigenvalue weighted by Gasteiger charge is -1.84. The number of allylic oxidation sites excluding steroid dienone is 2. The number of hydrogen-bond donors (Lipinski definition) is 0. The smallest absolute Gasteiger partial charge is 0.0577 e. The van der Waals surface area contributed by atoms with Crippen LogP contribution in [0.1, 0.15) is 13.8 Å². The molecule has 0 N–H and O–H groups in total. The standard InChI is InChI=1S/C7H11N/c1-4-7(5-2)8-6-3/h4-6H,1H2,2-3H3/b7-5-,8-6?. The molecule has 1 nitrogen and oxygen atoms in total. The van der Waals surface area contributed by atoms with Gasteiger partial charge in [0.05, 0.1) is 5.70 Å². The Balaban J connectivity index is 3.91. The predicted octanol–water partition coefficient (Wildman–Crippen LogP) is 2.17. The third kappa shape index (κ3) is 2.35. The van der Waals surface area contributed by atoms with Crippen LogP contribution in [-0.4, -0.2) is 6.21 Å². The third-order valence-electron chi connectivity index (χ3n) is 0.783. The van der Waals surface area contributed by atoms with Crippen molar-refractivity contribution in [2.24, 2.45) is 4.99 Å². The molecule has 0 aromatic rings. The fraction of sp³-hybridized carbons (Fsp3) is 0.286. The molecular formula is C7H11N. The summed E-state index contributed by atoms with van der Waals surface area (Å²) in [5.41, 5.74) is 0.924. The Morgan fingerprint density at radius 2 is 2.12 bits per heavy atom. The van der Waals surface area contributed by atoms with Crippen LogP contribution in [0.25, 0.3) is 0 Å². The highest BCUT2D eigenvalue weighted by atomic mass is 14.7. The van der Waals surface area contributed by atoms with Gasteiger partial charge in [0.15, 0.2) is 0 Å². The van der Waals surface area contributed by atoms with Crippen LogP contribution >= 0.6 is 0 Å². The van der Waals surface area contributed by atoms with Crippen LogP contribution in [0.2, 0.25) is 0 Å². The largest absolute Gasteiger partial charge is 0.262 e. The van der Waals surface area contributed by atoms with Gasteiger partial charge in [-0.15, -0.1) is 0 Å². The van der Waals surface area contributed by atoms with E-state index in [0.717, 1.165) is 5.70 Å². The normalized spacial score (nSPS) is 12.5. The van der Waals surface area contributed by atoms with E-state index < -0.39 is 0 Å². The van der Waals surface area contributed by atoms with E-state index in [1.165, 1.54) is 0 Å². The molecule has 0 aliphatic carbocycles. The van der Waals surface area contributed by atoms with Gasteiger partial charge in [0.1, 0.15) is 0 Å². The Morgan fingerprint density at radius 1 is 1.50 bits per heavy atom. The summed E-state index contributed by atoms with van der Waals surface area (Å²) in [6, 6.07) is 0. The molecule has 0 aromatic heterocycles. The predicted molar refractivity (Wildman–Crippen MR) is 38.1 cm³/mol. The number of hydrogen-bond acceptors (Lipinski definition) is 1. The molecule has 0 rings (SSSR count). The molecule has 0 radical (unpaired) electrons. The van der Waals surface area contributed by atoms with E-state index >= 15 is 0 Å². The summed E-state index contributed by atoms with van der Waals surface area (Å²) >= 11 is 0. The molecular weight excluding hydrogens is 98.1 g/mol. The van der Waals surface area contributed by atoms with E-state index in [-0.39, 0.29) is 0 Å². The molecule has 8 heavy (non-hydrogen) atoms. The molecule has 0 bridgehead atoms. The molecule has 0 spiro atoms. The minimum Gasteiger partial charge on any atom is -0.262 e. The van der Waals surface area contributed by atoms with Gasteiger partial charge >= 0.3 is 0 Å². The lowest BCUT2D eigenvalue weighted by Crippen LogP contribution is -1.67. The van der Waals surface area contributed by atoms with Crippen LogP contribution in [0.3, 0.4) is 0 Å². The molecule has 44 valence electrons. The number of rotatable bonds is 2. The summed E-state index contributed by atoms with van der Waals surface area (Å²) in [4.78, 5) is 3.98. The number of aliphatic imine (C=N–C) groups is 1. The van der Waals surface area contributed by atoms with Gasteiger partial charge in [-0.25, -0.2) is 0 Å². The second kappa shape index (κ2) is 4.31. The van der Waals surface area contributed by atoms with Crippen molar-refractivity contribution < 1.29 is 0 Å². The fourth-order valence-electron chi connectivity index (χ4n) is 0.394. The lowest BCUT2D eigenvalue weighted by molar-refractivity contribution is 1.39. The first-order valence-electron chi connectivity index (χ1n) is 2.62. The molecule has 0 aliphatic heterocycles. The van der Waals surface area contributed by atoms with Gasteiger partial charge in [-0.2, -0.15) is 0 Å². The van der Waals surface area contributed by atoms with Gasteiger partial charge in [-0.3, -0.25) is 4.99 Å². The second-order valence-electron chi connectivity index (χ2n) is 1.30. The van der Waals surface area contributed by atoms with Crippen molar-refractivity contribution in [2.45, 2.75) is 13.8 Å². The van der Waals surface area contributed by atoms with Crippen LogP contribution in [0.4, 0.5) is 0 Å². The Labute approximate surface area is 50.4 Å². The van der Waals surface area contributed by atoms with Crippen molar-refractivity contribution in [3.05, 3.63) is 24.4 Å². The zero-order valence-corrected chi connectivity index (χ0v) is 5.39. The van der Waals surface area contributed by atoms with Crippen LogP contribution in [0.5, 0.6) is 0 Å². The Morgan fingerprint density at radius 3 is 2.25 bits per heavy atom. The molecule has 0 atom stereocenters. The molecule has 0 heterocycles. The molecule has 0 fully saturated rings. The molecule has 0 amide bonds. The second-order valence-corrected chi connectivity index (χ2v) is 1.30. The van der Waals surface area contributed by atoms with Crippen molar-refractivity contribution in [2.75, 3.05) is 0 Å². The van der Waals surface area contributed by atoms with Crippen LogP contribution in [0.15, 0.2) is 29.4 Å². The van der Waals surface area contributed by atoms with Crippen molar-refractivity contribution in [1.82, 2.24) is 0 Å². The van der Waals surface area contributed by atoms with E-state index in [1.54, 1.807) is 12.3 Å². The SMILES string of the molecule is C=C/C(=C/C)N=CC. The van der Waals surface area contributed by atoms with Crippen molar-refractivity contribution in [3.63, 3.8) is 0 Å². The molecule has 0 unspecified atom stereocenters. The average Bonchev–Trinajstić information content (AvgIpc) is 1.83. The summed E-state index contributed by atoms with van der Waals surface area (Å²) in [6.45, 7) is 7.38. The van der Waals surface area contributed by atoms with E-state index in [9.17, 15) is 0 Å². The van der Waals surface area contributed by atoms with Gasteiger partial charge in [0.25, 0.3) is 0 Å². The quantitative estimate of drug-likeness (QED) is 0.380. The first-order valence-corrected chi connectivity index (χ1v) is 2.62. The highest BCUT2D eigenvalue weighted by Gasteiger charge is 1.75. The van der Waals surface area contributed by atoms with Crippen molar-refractivity contribution in [3.8, 4) is 0 Å². The minimum atomic E-state index is 0.924. The molecule has 0 aromatic carbocycles. The van der Waals surface area contributed by atoms with Crippen molar-refractivity contribution >= 4 is 6.21 Å². The third-order valence-corrected chi connectivity index (χ3v) is 0.783. The van der Waals surface area contributed by atoms with Crippen molar-refractivity contribution in [1.29, 1.82) is 0 Å². The molecule has 1 heteroatoms. The van der Waals surface area contributed by atoms with Gasteiger partial charge < -0.3 is 0 Å². The Kier molecular flexibility index (Phi) is 3.85. The Bertz CT molecular complexity index is 120. The first kappa shape index (κ1) is 7.15. The first-order chi connectivity index (χ1) is 3.85. The maximum absolute atomic E-state index is 3.98. The maximum atomic E-state index is 3.98. The highest BCUT2D eigenvalue weighted by Crippen LogP contribution is 1.93. The lowest BCUT2D eigenvalue weighted by atomic mass is 10.4. The summed E-state index contributed by atoms with van der Waals surface area (Å²) in [5.74, 6) is 0. The molecule has 0 saturated heterocycles. The maximum Gasteiger partial charge on any atom is 0.0577 e.